The second kappa shape index (κ2) is 10.7. The van der Waals surface area contributed by atoms with Crippen LogP contribution in [0.2, 0.25) is 0 Å². The molecule has 0 bridgehead atoms. The first-order valence-corrected chi connectivity index (χ1v) is 10.6. The van der Waals surface area contributed by atoms with Gasteiger partial charge in [0.25, 0.3) is 0 Å². The summed E-state index contributed by atoms with van der Waals surface area (Å²) in [6.07, 6.45) is 1.17. The molecule has 4 atom stereocenters. The molecular formula is C25H32N2O4. The molecule has 0 unspecified atom stereocenters. The van der Waals surface area contributed by atoms with Gasteiger partial charge in [-0.1, -0.05) is 49.4 Å². The lowest BCUT2D eigenvalue weighted by Gasteiger charge is -2.42. The number of amides is 1. The minimum Gasteiger partial charge on any atom is -0.392 e. The van der Waals surface area contributed by atoms with Crippen LogP contribution < -0.4 is 5.32 Å². The summed E-state index contributed by atoms with van der Waals surface area (Å²) in [4.78, 5) is 13.5. The molecule has 0 aliphatic carbocycles. The molecule has 3 rings (SSSR count). The zero-order chi connectivity index (χ0) is 22.4. The van der Waals surface area contributed by atoms with Crippen LogP contribution in [-0.2, 0) is 20.9 Å². The van der Waals surface area contributed by atoms with Gasteiger partial charge < -0.3 is 24.8 Å². The number of nitrogens with one attached hydrogen (secondary N) is 1. The van der Waals surface area contributed by atoms with Gasteiger partial charge in [0, 0.05) is 37.2 Å². The smallest absolute Gasteiger partial charge is 0.221 e. The van der Waals surface area contributed by atoms with Gasteiger partial charge in [-0.2, -0.15) is 0 Å². The molecule has 0 saturated carbocycles. The van der Waals surface area contributed by atoms with E-state index in [4.69, 9.17) is 9.47 Å². The molecule has 1 aliphatic heterocycles. The summed E-state index contributed by atoms with van der Waals surface area (Å²) in [5, 5.41) is 12.1. The highest BCUT2D eigenvalue weighted by atomic mass is 16.7. The van der Waals surface area contributed by atoms with E-state index in [1.54, 1.807) is 0 Å². The molecule has 2 aromatic rings. The van der Waals surface area contributed by atoms with Crippen LogP contribution in [-0.4, -0.2) is 42.2 Å². The van der Waals surface area contributed by atoms with E-state index in [0.29, 0.717) is 0 Å². The third-order valence-corrected chi connectivity index (χ3v) is 5.56. The van der Waals surface area contributed by atoms with E-state index in [2.05, 4.69) is 30.8 Å². The van der Waals surface area contributed by atoms with E-state index in [-0.39, 0.29) is 30.6 Å². The van der Waals surface area contributed by atoms with Gasteiger partial charge in [0.2, 0.25) is 5.91 Å². The van der Waals surface area contributed by atoms with Crippen LogP contribution in [0, 0.1) is 5.92 Å². The van der Waals surface area contributed by atoms with Gasteiger partial charge in [-0.15, -0.1) is 6.58 Å². The first-order valence-electron chi connectivity index (χ1n) is 10.6. The van der Waals surface area contributed by atoms with Crippen molar-refractivity contribution in [3.8, 4) is 0 Å². The molecule has 1 aliphatic rings. The third-order valence-electron chi connectivity index (χ3n) is 5.56. The van der Waals surface area contributed by atoms with E-state index < -0.39 is 6.29 Å². The summed E-state index contributed by atoms with van der Waals surface area (Å²) < 4.78 is 12.8. The summed E-state index contributed by atoms with van der Waals surface area (Å²) in [6, 6.07) is 15.4. The average Bonchev–Trinajstić information content (AvgIpc) is 2.75. The fraction of sp³-hybridized carbons (Fsp3) is 0.400. The van der Waals surface area contributed by atoms with Gasteiger partial charge in [-0.05, 0) is 30.3 Å². The molecule has 1 heterocycles. The number of hydrogen-bond acceptors (Lipinski definition) is 5. The van der Waals surface area contributed by atoms with Crippen molar-refractivity contribution in [3.63, 3.8) is 0 Å². The molecule has 1 amide bonds. The van der Waals surface area contributed by atoms with E-state index in [9.17, 15) is 9.90 Å². The number of nitrogens with zero attached hydrogens (tertiary/aromatic N) is 1. The standard InChI is InChI=1S/C25H32N2O4/c1-5-14-27(4)15-23-17(2)24(20-8-6-19(16-28)7-9-20)31-25(30-23)21-10-12-22(13-11-21)26-18(3)29/h5-13,17,23-25,28H,1,14-16H2,2-4H3,(H,26,29)/t17-,23+,24+,25+/m1/s1. The number of aliphatic hydroxyl groups is 1. The molecular weight excluding hydrogens is 392 g/mol. The largest absolute Gasteiger partial charge is 0.392 e. The van der Waals surface area contributed by atoms with Crippen molar-refractivity contribution >= 4 is 11.6 Å². The molecule has 31 heavy (non-hydrogen) atoms. The number of rotatable bonds is 8. The number of carbonyl (C=O) groups is 1. The van der Waals surface area contributed by atoms with Gasteiger partial charge in [0.05, 0.1) is 18.8 Å². The Kier molecular flexibility index (Phi) is 7.98. The Morgan fingerprint density at radius 2 is 1.77 bits per heavy atom. The minimum absolute atomic E-state index is 0.0166. The number of carbonyl (C=O) groups excluding carboxylic acids is 1. The van der Waals surface area contributed by atoms with E-state index in [1.807, 2.05) is 54.6 Å². The quantitative estimate of drug-likeness (QED) is 0.626. The first kappa shape index (κ1) is 23.2. The third kappa shape index (κ3) is 6.02. The number of likely N-dealkylation sites (N-methyl/N-ethyl adjacent to an activating group) is 1. The molecule has 0 radical (unpaired) electrons. The van der Waals surface area contributed by atoms with Crippen molar-refractivity contribution < 1.29 is 19.4 Å². The Balaban J connectivity index is 1.85. The average molecular weight is 425 g/mol. The van der Waals surface area contributed by atoms with E-state index in [1.165, 1.54) is 6.92 Å². The molecule has 6 heteroatoms. The molecule has 2 N–H and O–H groups in total. The van der Waals surface area contributed by atoms with E-state index in [0.717, 1.165) is 35.5 Å². The number of hydrogen-bond donors (Lipinski definition) is 2. The lowest BCUT2D eigenvalue weighted by atomic mass is 9.90. The van der Waals surface area contributed by atoms with Crippen LogP contribution in [0.5, 0.6) is 0 Å². The number of anilines is 1. The van der Waals surface area contributed by atoms with Crippen LogP contribution in [0.15, 0.2) is 61.2 Å². The molecule has 0 spiro atoms. The van der Waals surface area contributed by atoms with Crippen LogP contribution >= 0.6 is 0 Å². The Morgan fingerprint density at radius 3 is 2.35 bits per heavy atom. The Morgan fingerprint density at radius 1 is 1.13 bits per heavy atom. The predicted octanol–water partition coefficient (Wildman–Crippen LogP) is 4.05. The van der Waals surface area contributed by atoms with Crippen LogP contribution in [0.3, 0.4) is 0 Å². The van der Waals surface area contributed by atoms with Crippen molar-refractivity contribution in [1.29, 1.82) is 0 Å². The van der Waals surface area contributed by atoms with Crippen LogP contribution in [0.1, 0.15) is 42.9 Å². The zero-order valence-corrected chi connectivity index (χ0v) is 18.5. The highest BCUT2D eigenvalue weighted by Gasteiger charge is 2.38. The molecule has 0 aromatic heterocycles. The first-order chi connectivity index (χ1) is 14.9. The summed E-state index contributed by atoms with van der Waals surface area (Å²) >= 11 is 0. The Hall–Kier alpha value is -2.51. The van der Waals surface area contributed by atoms with Crippen LogP contribution in [0.4, 0.5) is 5.69 Å². The van der Waals surface area contributed by atoms with Gasteiger partial charge in [0.15, 0.2) is 6.29 Å². The lowest BCUT2D eigenvalue weighted by Crippen LogP contribution is -2.43. The molecule has 166 valence electrons. The van der Waals surface area contributed by atoms with Crippen molar-refractivity contribution in [2.75, 3.05) is 25.5 Å². The SMILES string of the molecule is C=CCN(C)C[C@@H]1O[C@H](c2ccc(NC(C)=O)cc2)O[C@H](c2ccc(CO)cc2)[C@@H]1C. The molecule has 2 aromatic carbocycles. The molecule has 1 fully saturated rings. The molecule has 6 nitrogen and oxygen atoms in total. The van der Waals surface area contributed by atoms with Crippen molar-refractivity contribution in [1.82, 2.24) is 4.90 Å². The second-order valence-electron chi connectivity index (χ2n) is 8.14. The Labute approximate surface area is 184 Å². The van der Waals surface area contributed by atoms with Crippen LogP contribution in [0.25, 0.3) is 0 Å². The fourth-order valence-corrected chi connectivity index (χ4v) is 3.86. The maximum atomic E-state index is 11.3. The van der Waals surface area contributed by atoms with Crippen molar-refractivity contribution in [2.45, 2.75) is 39.0 Å². The predicted molar refractivity (Wildman–Crippen MR) is 121 cm³/mol. The van der Waals surface area contributed by atoms with Crippen molar-refractivity contribution in [2.24, 2.45) is 5.92 Å². The highest BCUT2D eigenvalue weighted by molar-refractivity contribution is 5.88. The Bertz CT molecular complexity index is 866. The normalized spacial score (nSPS) is 23.5. The summed E-state index contributed by atoms with van der Waals surface area (Å²) in [6.45, 7) is 9.00. The highest BCUT2D eigenvalue weighted by Crippen LogP contribution is 2.41. The maximum Gasteiger partial charge on any atom is 0.221 e. The summed E-state index contributed by atoms with van der Waals surface area (Å²) in [5.41, 5.74) is 3.56. The summed E-state index contributed by atoms with van der Waals surface area (Å²) in [7, 11) is 2.05. The monoisotopic (exact) mass is 424 g/mol. The fourth-order valence-electron chi connectivity index (χ4n) is 3.86. The number of benzene rings is 2. The van der Waals surface area contributed by atoms with Gasteiger partial charge in [-0.25, -0.2) is 0 Å². The molecule has 1 saturated heterocycles. The van der Waals surface area contributed by atoms with Gasteiger partial charge >= 0.3 is 0 Å². The van der Waals surface area contributed by atoms with Crippen molar-refractivity contribution in [3.05, 3.63) is 77.9 Å². The zero-order valence-electron chi connectivity index (χ0n) is 18.5. The summed E-state index contributed by atoms with van der Waals surface area (Å²) in [5.74, 6) is 0.0191. The topological polar surface area (TPSA) is 71.0 Å². The second-order valence-corrected chi connectivity index (χ2v) is 8.14. The van der Waals surface area contributed by atoms with E-state index >= 15 is 0 Å². The van der Waals surface area contributed by atoms with Gasteiger partial charge in [-0.3, -0.25) is 4.79 Å². The lowest BCUT2D eigenvalue weighted by molar-refractivity contribution is -0.275. The van der Waals surface area contributed by atoms with Gasteiger partial charge in [0.1, 0.15) is 0 Å². The number of aliphatic hydroxyl groups excluding tert-OH is 1. The minimum atomic E-state index is -0.521. The maximum absolute atomic E-state index is 11.3. The number of ether oxygens (including phenoxy) is 2.